The van der Waals surface area contributed by atoms with Gasteiger partial charge < -0.3 is 9.84 Å². The zero-order chi connectivity index (χ0) is 19.8. The van der Waals surface area contributed by atoms with E-state index in [0.29, 0.717) is 10.6 Å². The number of nitrogens with one attached hydrogen (secondary N) is 1. The molecule has 0 aliphatic heterocycles. The van der Waals surface area contributed by atoms with Crippen molar-refractivity contribution in [3.63, 3.8) is 0 Å². The molecule has 1 heterocycles. The second kappa shape index (κ2) is 7.25. The quantitative estimate of drug-likeness (QED) is 0.552. The average molecular weight is 415 g/mol. The van der Waals surface area contributed by atoms with E-state index in [1.54, 1.807) is 24.3 Å². The lowest BCUT2D eigenvalue weighted by molar-refractivity contribution is -0.137. The third kappa shape index (κ3) is 3.94. The largest absolute Gasteiger partial charge is 0.417 e. The van der Waals surface area contributed by atoms with Crippen LogP contribution in [0.4, 0.5) is 18.9 Å². The van der Waals surface area contributed by atoms with Crippen molar-refractivity contribution in [2.45, 2.75) is 13.1 Å². The van der Waals surface area contributed by atoms with E-state index in [1.807, 2.05) is 0 Å². The molecule has 0 fully saturated rings. The maximum Gasteiger partial charge on any atom is 0.417 e. The molecule has 0 spiro atoms. The fraction of sp³-hybridized carbons (Fsp3) is 0.111. The van der Waals surface area contributed by atoms with E-state index in [1.165, 1.54) is 13.0 Å². The van der Waals surface area contributed by atoms with Crippen LogP contribution in [-0.4, -0.2) is 11.1 Å². The summed E-state index contributed by atoms with van der Waals surface area (Å²) in [5.41, 5.74) is -0.377. The number of nitrogens with zero attached hydrogens (tertiary/aromatic N) is 1. The van der Waals surface area contributed by atoms with Crippen molar-refractivity contribution in [2.24, 2.45) is 0 Å². The average Bonchev–Trinajstić information content (AvgIpc) is 2.97. The Bertz CT molecular complexity index is 1020. The molecule has 4 nitrogen and oxygen atoms in total. The van der Waals surface area contributed by atoms with Crippen LogP contribution in [-0.2, 0) is 6.18 Å². The Morgan fingerprint density at radius 1 is 1.11 bits per heavy atom. The van der Waals surface area contributed by atoms with Crippen LogP contribution < -0.4 is 5.32 Å². The van der Waals surface area contributed by atoms with Gasteiger partial charge in [-0.2, -0.15) is 13.2 Å². The standard InChI is InChI=1S/C18H11Cl2F3N2O2/c1-9-15(16(25-27-9)11-4-2-3-5-13(11)19)17(26)24-10-6-7-14(20)12(8-10)18(21,22)23/h2-8H,1H3,(H,24,26). The summed E-state index contributed by atoms with van der Waals surface area (Å²) < 4.78 is 44.1. The summed E-state index contributed by atoms with van der Waals surface area (Å²) >= 11 is 11.7. The van der Waals surface area contributed by atoms with E-state index < -0.39 is 22.7 Å². The zero-order valence-corrected chi connectivity index (χ0v) is 15.2. The first-order chi connectivity index (χ1) is 12.7. The van der Waals surface area contributed by atoms with Crippen LogP contribution in [0.25, 0.3) is 11.3 Å². The smallest absolute Gasteiger partial charge is 0.360 e. The molecular formula is C18H11Cl2F3N2O2. The first-order valence-electron chi connectivity index (χ1n) is 7.57. The summed E-state index contributed by atoms with van der Waals surface area (Å²) in [5.74, 6) is -0.480. The third-order valence-corrected chi connectivity index (χ3v) is 4.41. The van der Waals surface area contributed by atoms with E-state index in [9.17, 15) is 18.0 Å². The summed E-state index contributed by atoms with van der Waals surface area (Å²) in [6.07, 6.45) is -4.65. The van der Waals surface area contributed by atoms with Crippen molar-refractivity contribution < 1.29 is 22.5 Å². The monoisotopic (exact) mass is 414 g/mol. The van der Waals surface area contributed by atoms with Gasteiger partial charge in [0.1, 0.15) is 17.0 Å². The number of alkyl halides is 3. The Hall–Kier alpha value is -2.51. The van der Waals surface area contributed by atoms with Crippen LogP contribution in [0.5, 0.6) is 0 Å². The summed E-state index contributed by atoms with van der Waals surface area (Å²) in [6.45, 7) is 1.52. The van der Waals surface area contributed by atoms with Crippen molar-refractivity contribution in [3.05, 3.63) is 69.4 Å². The fourth-order valence-electron chi connectivity index (χ4n) is 2.49. The van der Waals surface area contributed by atoms with Gasteiger partial charge in [-0.05, 0) is 31.2 Å². The van der Waals surface area contributed by atoms with Crippen molar-refractivity contribution in [1.82, 2.24) is 5.16 Å². The van der Waals surface area contributed by atoms with Crippen LogP contribution in [0, 0.1) is 6.92 Å². The van der Waals surface area contributed by atoms with Crippen molar-refractivity contribution >= 4 is 34.8 Å². The Kier molecular flexibility index (Phi) is 5.17. The van der Waals surface area contributed by atoms with Gasteiger partial charge in [0.2, 0.25) is 0 Å². The minimum Gasteiger partial charge on any atom is -0.360 e. The highest BCUT2D eigenvalue weighted by Crippen LogP contribution is 2.37. The number of carbonyl (C=O) groups excluding carboxylic acids is 1. The van der Waals surface area contributed by atoms with Gasteiger partial charge >= 0.3 is 6.18 Å². The number of aromatic nitrogens is 1. The van der Waals surface area contributed by atoms with Crippen molar-refractivity contribution in [3.8, 4) is 11.3 Å². The van der Waals surface area contributed by atoms with Crippen molar-refractivity contribution in [1.29, 1.82) is 0 Å². The molecule has 0 bridgehead atoms. The Morgan fingerprint density at radius 3 is 2.48 bits per heavy atom. The molecule has 0 atom stereocenters. The van der Waals surface area contributed by atoms with Crippen LogP contribution >= 0.6 is 23.2 Å². The predicted octanol–water partition coefficient (Wildman–Crippen LogP) is 6.23. The summed E-state index contributed by atoms with van der Waals surface area (Å²) in [4.78, 5) is 12.7. The Labute approximate surface area is 161 Å². The van der Waals surface area contributed by atoms with E-state index in [-0.39, 0.29) is 22.7 Å². The van der Waals surface area contributed by atoms with Crippen LogP contribution in [0.15, 0.2) is 47.0 Å². The number of halogens is 5. The second-order valence-electron chi connectivity index (χ2n) is 5.59. The Morgan fingerprint density at radius 2 is 1.81 bits per heavy atom. The SMILES string of the molecule is Cc1onc(-c2ccccc2Cl)c1C(=O)Nc1ccc(Cl)c(C(F)(F)F)c1. The molecule has 2 aromatic carbocycles. The lowest BCUT2D eigenvalue weighted by atomic mass is 10.1. The summed E-state index contributed by atoms with van der Waals surface area (Å²) in [7, 11) is 0. The third-order valence-electron chi connectivity index (χ3n) is 3.75. The molecule has 3 aromatic rings. The lowest BCUT2D eigenvalue weighted by Crippen LogP contribution is -2.15. The van der Waals surface area contributed by atoms with E-state index in [2.05, 4.69) is 10.5 Å². The lowest BCUT2D eigenvalue weighted by Gasteiger charge is -2.12. The maximum atomic E-state index is 13.0. The van der Waals surface area contributed by atoms with Crippen molar-refractivity contribution in [2.75, 3.05) is 5.32 Å². The number of hydrogen-bond donors (Lipinski definition) is 1. The molecule has 0 saturated carbocycles. The second-order valence-corrected chi connectivity index (χ2v) is 6.40. The van der Waals surface area contributed by atoms with Gasteiger partial charge in [0.25, 0.3) is 5.91 Å². The van der Waals surface area contributed by atoms with Gasteiger partial charge in [0, 0.05) is 11.3 Å². The first-order valence-corrected chi connectivity index (χ1v) is 8.33. The minimum atomic E-state index is -4.65. The molecule has 1 amide bonds. The fourth-order valence-corrected chi connectivity index (χ4v) is 2.94. The van der Waals surface area contributed by atoms with Gasteiger partial charge in [0.05, 0.1) is 15.6 Å². The summed E-state index contributed by atoms with van der Waals surface area (Å²) in [6, 6.07) is 9.80. The highest BCUT2D eigenvalue weighted by molar-refractivity contribution is 6.33. The molecule has 1 aromatic heterocycles. The van der Waals surface area contributed by atoms with Gasteiger partial charge in [-0.25, -0.2) is 0 Å². The van der Waals surface area contributed by atoms with E-state index in [4.69, 9.17) is 27.7 Å². The maximum absolute atomic E-state index is 13.0. The molecule has 0 saturated heterocycles. The normalized spacial score (nSPS) is 11.5. The van der Waals surface area contributed by atoms with Gasteiger partial charge in [0.15, 0.2) is 0 Å². The number of rotatable bonds is 3. The van der Waals surface area contributed by atoms with Crippen LogP contribution in [0.2, 0.25) is 10.0 Å². The highest BCUT2D eigenvalue weighted by Gasteiger charge is 2.33. The highest BCUT2D eigenvalue weighted by atomic mass is 35.5. The molecule has 0 unspecified atom stereocenters. The number of anilines is 1. The molecule has 27 heavy (non-hydrogen) atoms. The molecule has 1 N–H and O–H groups in total. The Balaban J connectivity index is 1.97. The van der Waals surface area contributed by atoms with Gasteiger partial charge in [-0.3, -0.25) is 4.79 Å². The molecule has 9 heteroatoms. The molecular weight excluding hydrogens is 404 g/mol. The van der Waals surface area contributed by atoms with Gasteiger partial charge in [-0.1, -0.05) is 46.6 Å². The predicted molar refractivity (Wildman–Crippen MR) is 96.1 cm³/mol. The molecule has 140 valence electrons. The van der Waals surface area contributed by atoms with Crippen LogP contribution in [0.3, 0.4) is 0 Å². The topological polar surface area (TPSA) is 55.1 Å². The number of amides is 1. The number of aryl methyl sites for hydroxylation is 1. The summed E-state index contributed by atoms with van der Waals surface area (Å²) in [5, 5.41) is 6.17. The number of hydrogen-bond acceptors (Lipinski definition) is 3. The van der Waals surface area contributed by atoms with Gasteiger partial charge in [-0.15, -0.1) is 0 Å². The molecule has 3 rings (SSSR count). The van der Waals surface area contributed by atoms with E-state index in [0.717, 1.165) is 12.1 Å². The minimum absolute atomic E-state index is 0.0672. The van der Waals surface area contributed by atoms with E-state index >= 15 is 0 Å². The van der Waals surface area contributed by atoms with Crippen LogP contribution in [0.1, 0.15) is 21.7 Å². The molecule has 0 aliphatic carbocycles. The molecule has 0 aliphatic rings. The zero-order valence-electron chi connectivity index (χ0n) is 13.7. The number of benzene rings is 2. The molecule has 0 radical (unpaired) electrons. The first kappa shape index (κ1) is 19.3. The number of carbonyl (C=O) groups is 1.